The molecule has 104 valence electrons. The van der Waals surface area contributed by atoms with Crippen LogP contribution in [0.25, 0.3) is 0 Å². The van der Waals surface area contributed by atoms with Crippen LogP contribution in [0, 0.1) is 0 Å². The molecule has 0 saturated carbocycles. The minimum atomic E-state index is -0.760. The third kappa shape index (κ3) is 7.85. The zero-order chi connectivity index (χ0) is 13.1. The second-order valence-corrected chi connectivity index (χ2v) is 6.24. The van der Waals surface area contributed by atoms with E-state index in [4.69, 9.17) is 18.9 Å². The Morgan fingerprint density at radius 2 is 1.59 bits per heavy atom. The average molecular weight is 265 g/mol. The number of hydrogen-bond acceptors (Lipinski definition) is 5. The molecule has 0 heterocycles. The molecule has 0 amide bonds. The molecule has 0 N–H and O–H groups in total. The van der Waals surface area contributed by atoms with E-state index in [1.54, 1.807) is 21.3 Å². The normalized spacial score (nSPS) is 13.1. The Balaban J connectivity index is 3.49. The fourth-order valence-corrected chi connectivity index (χ4v) is 2.95. The molecule has 0 radical (unpaired) electrons. The third-order valence-corrected chi connectivity index (χ3v) is 4.97. The Kier molecular flexibility index (Phi) is 10.00. The molecule has 0 aliphatic heterocycles. The largest absolute Gasteiger partial charge is 0.380 e. The van der Waals surface area contributed by atoms with Gasteiger partial charge < -0.3 is 23.8 Å². The molecule has 0 aromatic carbocycles. The molecule has 0 aliphatic carbocycles. The van der Waals surface area contributed by atoms with Gasteiger partial charge in [-0.15, -0.1) is 0 Å². The highest BCUT2D eigenvalue weighted by molar-refractivity contribution is 6.38. The van der Waals surface area contributed by atoms with Crippen LogP contribution in [-0.2, 0) is 18.9 Å². The Morgan fingerprint density at radius 1 is 1.00 bits per heavy atom. The van der Waals surface area contributed by atoms with Gasteiger partial charge in [-0.2, -0.15) is 0 Å². The van der Waals surface area contributed by atoms with Crippen molar-refractivity contribution in [1.29, 1.82) is 0 Å². The Hall–Kier alpha value is 0.0169. The summed E-state index contributed by atoms with van der Waals surface area (Å²) in [5, 5.41) is 0. The predicted octanol–water partition coefficient (Wildman–Crippen LogP) is 0.0923. The first-order valence-corrected chi connectivity index (χ1v) is 7.69. The zero-order valence-electron chi connectivity index (χ0n) is 11.8. The van der Waals surface area contributed by atoms with Crippen molar-refractivity contribution in [3.63, 3.8) is 0 Å². The van der Waals surface area contributed by atoms with Gasteiger partial charge in [0, 0.05) is 34.5 Å². The molecule has 5 nitrogen and oxygen atoms in total. The lowest BCUT2D eigenvalue weighted by atomic mass is 10.5. The highest BCUT2D eigenvalue weighted by atomic mass is 28.2. The smallest absolute Gasteiger partial charge is 0.248 e. The van der Waals surface area contributed by atoms with Crippen LogP contribution in [-0.4, -0.2) is 75.2 Å². The number of methoxy groups -OCH3 is 3. The van der Waals surface area contributed by atoms with Gasteiger partial charge in [-0.25, -0.2) is 0 Å². The molecular formula is C11H27NO4Si. The van der Waals surface area contributed by atoms with Crippen LogP contribution in [0.5, 0.6) is 0 Å². The van der Waals surface area contributed by atoms with E-state index < -0.39 is 15.1 Å². The number of hydrogen-bond donors (Lipinski definition) is 0. The molecular weight excluding hydrogens is 238 g/mol. The molecule has 0 fully saturated rings. The van der Waals surface area contributed by atoms with Crippen LogP contribution in [0.4, 0.5) is 0 Å². The Morgan fingerprint density at radius 3 is 2.06 bits per heavy atom. The summed E-state index contributed by atoms with van der Waals surface area (Å²) in [7, 11) is 8.35. The fraction of sp³-hybridized carbons (Fsp3) is 1.00. The maximum atomic E-state index is 5.52. The number of rotatable bonds is 11. The molecule has 0 aliphatic rings. The second kappa shape index (κ2) is 9.99. The van der Waals surface area contributed by atoms with E-state index >= 15 is 0 Å². The van der Waals surface area contributed by atoms with Crippen molar-refractivity contribution in [3.05, 3.63) is 0 Å². The summed E-state index contributed by atoms with van der Waals surface area (Å²) in [6, 6.07) is 1.08. The monoisotopic (exact) mass is 265 g/mol. The van der Waals surface area contributed by atoms with Crippen molar-refractivity contribution in [2.24, 2.45) is 0 Å². The summed E-state index contributed by atoms with van der Waals surface area (Å²) in [5.41, 5.74) is -0.760. The van der Waals surface area contributed by atoms with Gasteiger partial charge in [0.05, 0.1) is 6.61 Å². The van der Waals surface area contributed by atoms with E-state index in [1.807, 2.05) is 14.1 Å². The van der Waals surface area contributed by atoms with Crippen molar-refractivity contribution < 1.29 is 18.9 Å². The van der Waals surface area contributed by atoms with E-state index in [0.29, 0.717) is 0 Å². The molecule has 0 rings (SSSR count). The van der Waals surface area contributed by atoms with Gasteiger partial charge in [-0.05, 0) is 20.5 Å². The Bertz CT molecular complexity index is 169. The van der Waals surface area contributed by atoms with Crippen molar-refractivity contribution >= 4 is 9.52 Å². The summed E-state index contributed by atoms with van der Waals surface area (Å²) in [4.78, 5) is 2.11. The first-order chi connectivity index (χ1) is 8.10. The highest BCUT2D eigenvalue weighted by Gasteiger charge is 2.28. The van der Waals surface area contributed by atoms with E-state index in [1.165, 1.54) is 0 Å². The van der Waals surface area contributed by atoms with E-state index in [0.717, 1.165) is 32.2 Å². The molecule has 0 aromatic rings. The van der Waals surface area contributed by atoms with Gasteiger partial charge in [-0.1, -0.05) is 6.04 Å². The lowest BCUT2D eigenvalue weighted by molar-refractivity contribution is -0.294. The van der Waals surface area contributed by atoms with Crippen LogP contribution in [0.15, 0.2) is 0 Å². The number of ether oxygens (including phenoxy) is 4. The van der Waals surface area contributed by atoms with Crippen molar-refractivity contribution in [3.8, 4) is 0 Å². The van der Waals surface area contributed by atoms with Crippen LogP contribution in [0.2, 0.25) is 6.04 Å². The van der Waals surface area contributed by atoms with Gasteiger partial charge in [0.2, 0.25) is 5.60 Å². The summed E-state index contributed by atoms with van der Waals surface area (Å²) >= 11 is 0. The van der Waals surface area contributed by atoms with Gasteiger partial charge in [-0.3, -0.25) is 0 Å². The SMILES string of the molecule is COC(OC)(OC)[SiH2]CCCOCCN(C)C. The predicted molar refractivity (Wildman–Crippen MR) is 71.1 cm³/mol. The van der Waals surface area contributed by atoms with E-state index in [-0.39, 0.29) is 0 Å². The fourth-order valence-electron chi connectivity index (χ4n) is 1.45. The molecule has 17 heavy (non-hydrogen) atoms. The summed E-state index contributed by atoms with van der Waals surface area (Å²) in [5.74, 6) is 0. The Labute approximate surface area is 107 Å². The van der Waals surface area contributed by atoms with Gasteiger partial charge in [0.25, 0.3) is 0 Å². The summed E-state index contributed by atoms with van der Waals surface area (Å²) < 4.78 is 21.3. The van der Waals surface area contributed by atoms with Crippen LogP contribution in [0.3, 0.4) is 0 Å². The van der Waals surface area contributed by atoms with Crippen molar-refractivity contribution in [2.75, 3.05) is 55.2 Å². The van der Waals surface area contributed by atoms with E-state index in [2.05, 4.69) is 4.90 Å². The first kappa shape index (κ1) is 17.0. The quantitative estimate of drug-likeness (QED) is 0.301. The highest BCUT2D eigenvalue weighted by Crippen LogP contribution is 2.12. The zero-order valence-corrected chi connectivity index (χ0v) is 13.2. The van der Waals surface area contributed by atoms with Crippen molar-refractivity contribution in [1.82, 2.24) is 4.90 Å². The first-order valence-electron chi connectivity index (χ1n) is 5.98. The standard InChI is InChI=1S/C11H27NO4Si/c1-12(2)7-9-16-8-6-10-17-11(13-3,14-4)15-5/h6-10,17H2,1-5H3. The van der Waals surface area contributed by atoms with Gasteiger partial charge in [0.1, 0.15) is 9.52 Å². The summed E-state index contributed by atoms with van der Waals surface area (Å²) in [6.07, 6.45) is 1.04. The van der Waals surface area contributed by atoms with Crippen LogP contribution in [0.1, 0.15) is 6.42 Å². The number of likely N-dealkylation sites (N-methyl/N-ethyl adjacent to an activating group) is 1. The maximum Gasteiger partial charge on any atom is 0.248 e. The molecule has 0 bridgehead atoms. The van der Waals surface area contributed by atoms with Crippen molar-refractivity contribution in [2.45, 2.75) is 18.1 Å². The maximum absolute atomic E-state index is 5.52. The minimum Gasteiger partial charge on any atom is -0.380 e. The minimum absolute atomic E-state index is 0.589. The lowest BCUT2D eigenvalue weighted by Gasteiger charge is -2.28. The molecule has 0 aromatic heterocycles. The van der Waals surface area contributed by atoms with Crippen LogP contribution >= 0.6 is 0 Å². The van der Waals surface area contributed by atoms with E-state index in [9.17, 15) is 0 Å². The molecule has 6 heteroatoms. The van der Waals surface area contributed by atoms with Gasteiger partial charge >= 0.3 is 0 Å². The molecule has 0 unspecified atom stereocenters. The van der Waals surface area contributed by atoms with Gasteiger partial charge in [0.15, 0.2) is 0 Å². The topological polar surface area (TPSA) is 40.2 Å². The lowest BCUT2D eigenvalue weighted by Crippen LogP contribution is -2.42. The number of nitrogens with zero attached hydrogens (tertiary/aromatic N) is 1. The second-order valence-electron chi connectivity index (χ2n) is 4.17. The third-order valence-electron chi connectivity index (χ3n) is 2.64. The van der Waals surface area contributed by atoms with Crippen LogP contribution < -0.4 is 0 Å². The molecule has 0 spiro atoms. The summed E-state index contributed by atoms with van der Waals surface area (Å²) in [6.45, 7) is 2.56. The average Bonchev–Trinajstić information content (AvgIpc) is 2.33. The molecule has 0 saturated heterocycles. The molecule has 0 atom stereocenters.